The van der Waals surface area contributed by atoms with Crippen molar-refractivity contribution in [1.29, 1.82) is 0 Å². The second kappa shape index (κ2) is 12.0. The Hall–Kier alpha value is -3.41. The van der Waals surface area contributed by atoms with Gasteiger partial charge in [0.15, 0.2) is 0 Å². The van der Waals surface area contributed by atoms with E-state index in [1.165, 1.54) is 41.7 Å². The van der Waals surface area contributed by atoms with E-state index in [0.29, 0.717) is 18.8 Å². The fourth-order valence-electron chi connectivity index (χ4n) is 4.67. The molecule has 0 unspecified atom stereocenters. The van der Waals surface area contributed by atoms with E-state index in [-0.39, 0.29) is 21.2 Å². The predicted octanol–water partition coefficient (Wildman–Crippen LogP) is 4.63. The molecule has 0 bridgehead atoms. The molecule has 0 saturated carbocycles. The fourth-order valence-corrected chi connectivity index (χ4v) is 7.85. The number of ether oxygens (including phenoxy) is 1. The normalized spacial score (nSPS) is 14.5. The average Bonchev–Trinajstić information content (AvgIpc) is 2.94. The first-order valence-corrected chi connectivity index (χ1v) is 16.0. The van der Waals surface area contributed by atoms with Gasteiger partial charge in [0.05, 0.1) is 17.7 Å². The monoisotopic (exact) mass is 585 g/mol. The molecule has 1 aliphatic rings. The molecule has 4 rings (SSSR count). The van der Waals surface area contributed by atoms with Gasteiger partial charge in [0.25, 0.3) is 10.0 Å². The summed E-state index contributed by atoms with van der Waals surface area (Å²) in [6.07, 6.45) is 2.53. The van der Waals surface area contributed by atoms with Crippen LogP contribution in [0, 0.1) is 20.8 Å². The molecule has 1 heterocycles. The molecule has 9 nitrogen and oxygen atoms in total. The van der Waals surface area contributed by atoms with Gasteiger partial charge >= 0.3 is 0 Å². The number of hydrogen-bond acceptors (Lipinski definition) is 6. The van der Waals surface area contributed by atoms with Crippen molar-refractivity contribution in [3.05, 3.63) is 77.4 Å². The van der Waals surface area contributed by atoms with Gasteiger partial charge in [-0.05, 0) is 81.1 Å². The zero-order valence-corrected chi connectivity index (χ0v) is 24.8. The second-order valence-corrected chi connectivity index (χ2v) is 13.7. The highest BCUT2D eigenvalue weighted by molar-refractivity contribution is 7.92. The standard InChI is InChI=1S/C29H35N3O6S2/c1-21-11-14-25(15-12-21)39(34,35)32(26-10-8-9-22(2)23(26)3)20-29(33)30-24-13-16-27(38-4)28(19-24)40(36,37)31-17-6-5-7-18-31/h8-16,19H,5-7,17-18,20H2,1-4H3,(H,30,33). The van der Waals surface area contributed by atoms with Crippen molar-refractivity contribution in [2.24, 2.45) is 0 Å². The fraction of sp³-hybridized carbons (Fsp3) is 0.345. The van der Waals surface area contributed by atoms with Gasteiger partial charge in [0, 0.05) is 18.8 Å². The van der Waals surface area contributed by atoms with Crippen molar-refractivity contribution in [2.75, 3.05) is 36.4 Å². The first-order chi connectivity index (χ1) is 18.9. The summed E-state index contributed by atoms with van der Waals surface area (Å²) in [5, 5.41) is 2.69. The van der Waals surface area contributed by atoms with Crippen LogP contribution in [-0.4, -0.2) is 53.8 Å². The van der Waals surface area contributed by atoms with Crippen molar-refractivity contribution < 1.29 is 26.4 Å². The van der Waals surface area contributed by atoms with Crippen LogP contribution in [0.4, 0.5) is 11.4 Å². The van der Waals surface area contributed by atoms with Gasteiger partial charge in [-0.25, -0.2) is 16.8 Å². The van der Waals surface area contributed by atoms with E-state index in [4.69, 9.17) is 4.74 Å². The number of sulfonamides is 2. The van der Waals surface area contributed by atoms with Crippen LogP contribution in [0.15, 0.2) is 70.5 Å². The number of amides is 1. The molecular weight excluding hydrogens is 550 g/mol. The van der Waals surface area contributed by atoms with Crippen molar-refractivity contribution in [1.82, 2.24) is 4.31 Å². The molecule has 1 N–H and O–H groups in total. The molecule has 11 heteroatoms. The highest BCUT2D eigenvalue weighted by atomic mass is 32.2. The summed E-state index contributed by atoms with van der Waals surface area (Å²) in [5.74, 6) is -0.453. The molecule has 0 atom stereocenters. The molecule has 0 radical (unpaired) electrons. The lowest BCUT2D eigenvalue weighted by atomic mass is 10.1. The molecule has 3 aromatic rings. The zero-order valence-electron chi connectivity index (χ0n) is 23.2. The van der Waals surface area contributed by atoms with Crippen LogP contribution in [0.25, 0.3) is 0 Å². The molecule has 1 aliphatic heterocycles. The third kappa shape index (κ3) is 6.16. The SMILES string of the molecule is COc1ccc(NC(=O)CN(c2cccc(C)c2C)S(=O)(=O)c2ccc(C)cc2)cc1S(=O)(=O)N1CCCCC1. The summed E-state index contributed by atoms with van der Waals surface area (Å²) in [7, 11) is -6.57. The Morgan fingerprint density at radius 3 is 2.25 bits per heavy atom. The number of benzene rings is 3. The lowest BCUT2D eigenvalue weighted by Crippen LogP contribution is -2.38. The van der Waals surface area contributed by atoms with Crippen molar-refractivity contribution in [3.8, 4) is 5.75 Å². The highest BCUT2D eigenvalue weighted by Crippen LogP contribution is 2.32. The maximum atomic E-state index is 13.8. The summed E-state index contributed by atoms with van der Waals surface area (Å²) < 4.78 is 62.2. The van der Waals surface area contributed by atoms with E-state index in [0.717, 1.165) is 40.3 Å². The topological polar surface area (TPSA) is 113 Å². The minimum Gasteiger partial charge on any atom is -0.495 e. The van der Waals surface area contributed by atoms with Crippen molar-refractivity contribution in [3.63, 3.8) is 0 Å². The molecular formula is C29H35N3O6S2. The summed E-state index contributed by atoms with van der Waals surface area (Å²) in [4.78, 5) is 13.3. The van der Waals surface area contributed by atoms with Gasteiger partial charge in [-0.3, -0.25) is 9.10 Å². The Kier molecular flexibility index (Phi) is 8.86. The van der Waals surface area contributed by atoms with Gasteiger partial charge in [0.1, 0.15) is 17.2 Å². The highest BCUT2D eigenvalue weighted by Gasteiger charge is 2.31. The van der Waals surface area contributed by atoms with Crippen molar-refractivity contribution in [2.45, 2.75) is 49.8 Å². The minimum absolute atomic E-state index is 0.0478. The van der Waals surface area contributed by atoms with Crippen LogP contribution < -0.4 is 14.4 Å². The Morgan fingerprint density at radius 1 is 0.925 bits per heavy atom. The van der Waals surface area contributed by atoms with Gasteiger partial charge in [-0.15, -0.1) is 0 Å². The Labute approximate surface area is 236 Å². The Bertz CT molecular complexity index is 1600. The van der Waals surface area contributed by atoms with E-state index < -0.39 is 32.5 Å². The minimum atomic E-state index is -4.10. The number of carbonyl (C=O) groups excluding carboxylic acids is 1. The van der Waals surface area contributed by atoms with Crippen LogP contribution in [0.5, 0.6) is 5.75 Å². The molecule has 0 spiro atoms. The van der Waals surface area contributed by atoms with Gasteiger partial charge in [-0.1, -0.05) is 36.2 Å². The molecule has 1 fully saturated rings. The quantitative estimate of drug-likeness (QED) is 0.392. The summed E-state index contributed by atoms with van der Waals surface area (Å²) in [5.41, 5.74) is 3.12. The van der Waals surface area contributed by atoms with Crippen LogP contribution >= 0.6 is 0 Å². The largest absolute Gasteiger partial charge is 0.495 e. The number of rotatable bonds is 9. The van der Waals surface area contributed by atoms with E-state index >= 15 is 0 Å². The van der Waals surface area contributed by atoms with E-state index in [9.17, 15) is 21.6 Å². The number of hydrogen-bond donors (Lipinski definition) is 1. The summed E-state index contributed by atoms with van der Waals surface area (Å²) in [6.45, 7) is 5.87. The molecule has 214 valence electrons. The maximum Gasteiger partial charge on any atom is 0.264 e. The Morgan fingerprint density at radius 2 is 1.60 bits per heavy atom. The first-order valence-electron chi connectivity index (χ1n) is 13.1. The number of nitrogens with one attached hydrogen (secondary N) is 1. The third-order valence-electron chi connectivity index (χ3n) is 7.12. The molecule has 0 aromatic heterocycles. The number of piperidine rings is 1. The molecule has 1 amide bonds. The smallest absolute Gasteiger partial charge is 0.264 e. The maximum absolute atomic E-state index is 13.8. The molecule has 3 aromatic carbocycles. The average molecular weight is 586 g/mol. The zero-order chi connectivity index (χ0) is 29.1. The van der Waals surface area contributed by atoms with Gasteiger partial charge in [-0.2, -0.15) is 4.31 Å². The van der Waals surface area contributed by atoms with E-state index in [2.05, 4.69) is 5.32 Å². The summed E-state index contributed by atoms with van der Waals surface area (Å²) >= 11 is 0. The van der Waals surface area contributed by atoms with Crippen LogP contribution in [-0.2, 0) is 24.8 Å². The Balaban J connectivity index is 1.67. The first kappa shape index (κ1) is 29.6. The predicted molar refractivity (Wildman–Crippen MR) is 156 cm³/mol. The lowest BCUT2D eigenvalue weighted by Gasteiger charge is -2.27. The van der Waals surface area contributed by atoms with Gasteiger partial charge < -0.3 is 10.1 Å². The molecule has 40 heavy (non-hydrogen) atoms. The van der Waals surface area contributed by atoms with Crippen LogP contribution in [0.1, 0.15) is 36.0 Å². The van der Waals surface area contributed by atoms with Crippen molar-refractivity contribution >= 4 is 37.3 Å². The van der Waals surface area contributed by atoms with Crippen LogP contribution in [0.2, 0.25) is 0 Å². The number of methoxy groups -OCH3 is 1. The van der Waals surface area contributed by atoms with E-state index in [1.807, 2.05) is 19.9 Å². The molecule has 0 aliphatic carbocycles. The molecule has 1 saturated heterocycles. The number of aryl methyl sites for hydroxylation is 2. The van der Waals surface area contributed by atoms with Gasteiger partial charge in [0.2, 0.25) is 15.9 Å². The van der Waals surface area contributed by atoms with Crippen LogP contribution in [0.3, 0.4) is 0 Å². The number of anilines is 2. The summed E-state index contributed by atoms with van der Waals surface area (Å²) in [6, 6.07) is 16.1. The lowest BCUT2D eigenvalue weighted by molar-refractivity contribution is -0.114. The number of nitrogens with zero attached hydrogens (tertiary/aromatic N) is 2. The second-order valence-electron chi connectivity index (χ2n) is 9.92. The third-order valence-corrected chi connectivity index (χ3v) is 10.8. The van der Waals surface area contributed by atoms with E-state index in [1.54, 1.807) is 31.2 Å². The number of carbonyl (C=O) groups is 1.